The Kier molecular flexibility index (Phi) is 4.25. The zero-order valence-electron chi connectivity index (χ0n) is 12.1. The van der Waals surface area contributed by atoms with E-state index in [-0.39, 0.29) is 17.1 Å². The molecule has 0 unspecified atom stereocenters. The molecule has 0 spiro atoms. The van der Waals surface area contributed by atoms with Crippen LogP contribution in [0.5, 0.6) is 0 Å². The van der Waals surface area contributed by atoms with Crippen molar-refractivity contribution in [1.29, 1.82) is 0 Å². The lowest BCUT2D eigenvalue weighted by molar-refractivity contribution is -0.385. The first-order valence-corrected chi connectivity index (χ1v) is 6.93. The highest BCUT2D eigenvalue weighted by Gasteiger charge is 2.30. The highest BCUT2D eigenvalue weighted by Crippen LogP contribution is 2.36. The van der Waals surface area contributed by atoms with Crippen molar-refractivity contribution in [1.82, 2.24) is 0 Å². The van der Waals surface area contributed by atoms with E-state index in [1.807, 2.05) is 0 Å². The number of nitro benzene ring substituents is 1. The van der Waals surface area contributed by atoms with Crippen LogP contribution >= 0.6 is 0 Å². The molecule has 0 saturated heterocycles. The summed E-state index contributed by atoms with van der Waals surface area (Å²) < 4.78 is 18.5. The summed E-state index contributed by atoms with van der Waals surface area (Å²) in [5.41, 5.74) is -0.532. The van der Waals surface area contributed by atoms with Crippen LogP contribution in [-0.4, -0.2) is 17.0 Å². The third kappa shape index (κ3) is 3.77. The van der Waals surface area contributed by atoms with Gasteiger partial charge in [-0.15, -0.1) is 0 Å². The fourth-order valence-electron chi connectivity index (χ4n) is 2.54. The van der Waals surface area contributed by atoms with Crippen molar-refractivity contribution in [3.8, 4) is 0 Å². The Morgan fingerprint density at radius 2 is 2.00 bits per heavy atom. The van der Waals surface area contributed by atoms with Gasteiger partial charge in [-0.1, -0.05) is 13.8 Å². The van der Waals surface area contributed by atoms with Gasteiger partial charge in [0.15, 0.2) is 0 Å². The lowest BCUT2D eigenvalue weighted by Crippen LogP contribution is -2.28. The number of rotatable bonds is 3. The standard InChI is InChI=1S/C15H18FNO4/c1-15(2)7-5-11(6-8-15)21-14(18)12-9-10(16)3-4-13(12)17(19)20/h3-4,9,11H,5-8H2,1-2H3. The normalized spacial score (nSPS) is 18.2. The lowest BCUT2D eigenvalue weighted by Gasteiger charge is -2.33. The molecular weight excluding hydrogens is 277 g/mol. The van der Waals surface area contributed by atoms with E-state index in [0.717, 1.165) is 43.9 Å². The number of hydrogen-bond donors (Lipinski definition) is 0. The predicted molar refractivity (Wildman–Crippen MR) is 74.5 cm³/mol. The Bertz CT molecular complexity index is 561. The maximum Gasteiger partial charge on any atom is 0.345 e. The van der Waals surface area contributed by atoms with Gasteiger partial charge in [-0.25, -0.2) is 9.18 Å². The van der Waals surface area contributed by atoms with Crippen LogP contribution in [0.3, 0.4) is 0 Å². The SMILES string of the molecule is CC1(C)CCC(OC(=O)c2cc(F)ccc2[N+](=O)[O-])CC1. The minimum absolute atomic E-state index is 0.230. The van der Waals surface area contributed by atoms with Gasteiger partial charge >= 0.3 is 5.97 Å². The number of nitrogens with zero attached hydrogens (tertiary/aromatic N) is 1. The van der Waals surface area contributed by atoms with Crippen LogP contribution in [0.4, 0.5) is 10.1 Å². The molecule has 0 aromatic heterocycles. The van der Waals surface area contributed by atoms with E-state index in [1.165, 1.54) is 0 Å². The van der Waals surface area contributed by atoms with E-state index in [4.69, 9.17) is 4.74 Å². The summed E-state index contributed by atoms with van der Waals surface area (Å²) in [6.45, 7) is 4.31. The average molecular weight is 295 g/mol. The molecule has 5 nitrogen and oxygen atoms in total. The molecule has 1 aliphatic rings. The van der Waals surface area contributed by atoms with Gasteiger partial charge in [0.25, 0.3) is 5.69 Å². The summed E-state index contributed by atoms with van der Waals surface area (Å²) in [6.07, 6.45) is 3.05. The third-order valence-electron chi connectivity index (χ3n) is 3.94. The molecule has 1 aliphatic carbocycles. The number of carbonyl (C=O) groups excluding carboxylic acids is 1. The third-order valence-corrected chi connectivity index (χ3v) is 3.94. The second kappa shape index (κ2) is 5.79. The van der Waals surface area contributed by atoms with Crippen molar-refractivity contribution in [3.63, 3.8) is 0 Å². The largest absolute Gasteiger partial charge is 0.459 e. The Labute approximate surface area is 122 Å². The zero-order valence-corrected chi connectivity index (χ0v) is 12.1. The Hall–Kier alpha value is -1.98. The summed E-state index contributed by atoms with van der Waals surface area (Å²) in [7, 11) is 0. The number of esters is 1. The van der Waals surface area contributed by atoms with Crippen LogP contribution in [-0.2, 0) is 4.74 Å². The molecule has 1 aromatic carbocycles. The van der Waals surface area contributed by atoms with E-state index in [0.29, 0.717) is 0 Å². The Morgan fingerprint density at radius 3 is 2.57 bits per heavy atom. The quantitative estimate of drug-likeness (QED) is 0.482. The second-order valence-corrected chi connectivity index (χ2v) is 6.19. The first-order chi connectivity index (χ1) is 9.78. The van der Waals surface area contributed by atoms with Crippen molar-refractivity contribution in [2.45, 2.75) is 45.6 Å². The van der Waals surface area contributed by atoms with Gasteiger partial charge in [-0.05, 0) is 43.2 Å². The predicted octanol–water partition coefficient (Wildman–Crippen LogP) is 3.86. The molecule has 114 valence electrons. The second-order valence-electron chi connectivity index (χ2n) is 6.19. The van der Waals surface area contributed by atoms with Crippen LogP contribution in [0.2, 0.25) is 0 Å². The van der Waals surface area contributed by atoms with Gasteiger partial charge in [0, 0.05) is 6.07 Å². The molecular formula is C15H18FNO4. The highest BCUT2D eigenvalue weighted by molar-refractivity contribution is 5.94. The van der Waals surface area contributed by atoms with E-state index in [9.17, 15) is 19.3 Å². The molecule has 2 rings (SSSR count). The Balaban J connectivity index is 2.11. The molecule has 0 heterocycles. The number of benzene rings is 1. The van der Waals surface area contributed by atoms with Gasteiger partial charge in [-0.3, -0.25) is 10.1 Å². The summed E-state index contributed by atoms with van der Waals surface area (Å²) in [6, 6.07) is 2.79. The molecule has 0 atom stereocenters. The molecule has 6 heteroatoms. The maximum atomic E-state index is 13.2. The number of hydrogen-bond acceptors (Lipinski definition) is 4. The van der Waals surface area contributed by atoms with Crippen LogP contribution < -0.4 is 0 Å². The monoisotopic (exact) mass is 295 g/mol. The molecule has 1 saturated carbocycles. The van der Waals surface area contributed by atoms with Crippen molar-refractivity contribution in [2.75, 3.05) is 0 Å². The van der Waals surface area contributed by atoms with Crippen LogP contribution in [0, 0.1) is 21.3 Å². The molecule has 1 fully saturated rings. The topological polar surface area (TPSA) is 69.4 Å². The number of halogens is 1. The van der Waals surface area contributed by atoms with Gasteiger partial charge in [0.1, 0.15) is 17.5 Å². The summed E-state index contributed by atoms with van der Waals surface area (Å²) in [5, 5.41) is 10.9. The lowest BCUT2D eigenvalue weighted by atomic mass is 9.76. The first kappa shape index (κ1) is 15.4. The maximum absolute atomic E-state index is 13.2. The van der Waals surface area contributed by atoms with E-state index in [1.54, 1.807) is 0 Å². The smallest absolute Gasteiger partial charge is 0.345 e. The average Bonchev–Trinajstić information content (AvgIpc) is 2.40. The van der Waals surface area contributed by atoms with E-state index >= 15 is 0 Å². The van der Waals surface area contributed by atoms with E-state index < -0.39 is 22.4 Å². The summed E-state index contributed by atoms with van der Waals surface area (Å²) in [4.78, 5) is 22.2. The fraction of sp³-hybridized carbons (Fsp3) is 0.533. The highest BCUT2D eigenvalue weighted by atomic mass is 19.1. The number of carbonyl (C=O) groups is 1. The van der Waals surface area contributed by atoms with Gasteiger partial charge in [-0.2, -0.15) is 0 Å². The fourth-order valence-corrected chi connectivity index (χ4v) is 2.54. The molecule has 0 amide bonds. The number of nitro groups is 1. The molecule has 0 N–H and O–H groups in total. The van der Waals surface area contributed by atoms with Gasteiger partial charge in [0.05, 0.1) is 4.92 Å². The molecule has 21 heavy (non-hydrogen) atoms. The molecule has 0 bridgehead atoms. The van der Waals surface area contributed by atoms with Crippen molar-refractivity contribution in [3.05, 3.63) is 39.7 Å². The van der Waals surface area contributed by atoms with Crippen LogP contribution in [0.1, 0.15) is 49.9 Å². The summed E-state index contributed by atoms with van der Waals surface area (Å²) in [5.74, 6) is -1.52. The molecule has 0 aliphatic heterocycles. The van der Waals surface area contributed by atoms with Crippen LogP contribution in [0.25, 0.3) is 0 Å². The minimum Gasteiger partial charge on any atom is -0.459 e. The van der Waals surface area contributed by atoms with Crippen molar-refractivity contribution >= 4 is 11.7 Å². The Morgan fingerprint density at radius 1 is 1.38 bits per heavy atom. The van der Waals surface area contributed by atoms with E-state index in [2.05, 4.69) is 13.8 Å². The number of ether oxygens (including phenoxy) is 1. The van der Waals surface area contributed by atoms with Crippen molar-refractivity contribution in [2.24, 2.45) is 5.41 Å². The first-order valence-electron chi connectivity index (χ1n) is 6.93. The molecule has 0 radical (unpaired) electrons. The van der Waals surface area contributed by atoms with Crippen molar-refractivity contribution < 1.29 is 18.8 Å². The minimum atomic E-state index is -0.828. The van der Waals surface area contributed by atoms with Gasteiger partial charge < -0.3 is 4.74 Å². The van der Waals surface area contributed by atoms with Crippen LogP contribution in [0.15, 0.2) is 18.2 Å². The van der Waals surface area contributed by atoms with Gasteiger partial charge in [0.2, 0.25) is 0 Å². The summed E-state index contributed by atoms with van der Waals surface area (Å²) >= 11 is 0. The molecule has 1 aromatic rings. The zero-order chi connectivity index (χ0) is 15.6.